The number of imidazole rings is 1. The first-order valence-electron chi connectivity index (χ1n) is 11.5. The van der Waals surface area contributed by atoms with E-state index in [-0.39, 0.29) is 11.6 Å². The molecule has 1 unspecified atom stereocenters. The van der Waals surface area contributed by atoms with Gasteiger partial charge in [-0.25, -0.2) is 9.67 Å². The number of fused-ring (bicyclic) bond motifs is 2. The van der Waals surface area contributed by atoms with Gasteiger partial charge in [-0.2, -0.15) is 0 Å². The van der Waals surface area contributed by atoms with Gasteiger partial charge in [-0.05, 0) is 47.9 Å². The maximum absolute atomic E-state index is 12.8. The number of pyridine rings is 1. The Balaban J connectivity index is 1.65. The smallest absolute Gasteiger partial charge is 0.251 e. The van der Waals surface area contributed by atoms with Gasteiger partial charge < -0.3 is 9.13 Å². The van der Waals surface area contributed by atoms with E-state index in [1.165, 1.54) is 0 Å². The molecular formula is C28H24N6O. The molecule has 3 heterocycles. The third-order valence-corrected chi connectivity index (χ3v) is 6.67. The summed E-state index contributed by atoms with van der Waals surface area (Å²) < 4.78 is 5.65. The van der Waals surface area contributed by atoms with E-state index in [2.05, 4.69) is 52.6 Å². The first kappa shape index (κ1) is 21.0. The van der Waals surface area contributed by atoms with Gasteiger partial charge in [-0.3, -0.25) is 4.79 Å². The molecule has 0 aliphatic heterocycles. The lowest BCUT2D eigenvalue weighted by molar-refractivity contribution is 0.560. The Morgan fingerprint density at radius 3 is 2.54 bits per heavy atom. The fourth-order valence-electron chi connectivity index (χ4n) is 4.85. The van der Waals surface area contributed by atoms with Gasteiger partial charge in [0.25, 0.3) is 5.56 Å². The lowest BCUT2D eigenvalue weighted by Gasteiger charge is -2.21. The molecule has 0 saturated carbocycles. The molecule has 0 aliphatic rings. The predicted molar refractivity (Wildman–Crippen MR) is 137 cm³/mol. The number of hydrogen-bond acceptors (Lipinski definition) is 4. The largest absolute Gasteiger partial charge is 0.336 e. The zero-order chi connectivity index (χ0) is 24.1. The standard InChI is InChI=1S/C28H24N6O/c1-18-7-6-8-19(13-18)21-15-27(35)33(3)24-12-11-20(14-22(21)24)28(26-16-29-17-32(26)2)34-25-10-5-4-9-23(25)30-31-34/h4-17,28H,1-3H3. The highest BCUT2D eigenvalue weighted by molar-refractivity contribution is 5.95. The Kier molecular flexibility index (Phi) is 4.84. The fourth-order valence-corrected chi connectivity index (χ4v) is 4.85. The zero-order valence-corrected chi connectivity index (χ0v) is 19.8. The van der Waals surface area contributed by atoms with Crippen molar-refractivity contribution in [1.29, 1.82) is 0 Å². The minimum absolute atomic E-state index is 0.0350. The monoisotopic (exact) mass is 460 g/mol. The summed E-state index contributed by atoms with van der Waals surface area (Å²) in [6.45, 7) is 2.06. The molecule has 3 aromatic carbocycles. The first-order chi connectivity index (χ1) is 17.0. The number of rotatable bonds is 4. The van der Waals surface area contributed by atoms with Crippen molar-refractivity contribution in [2.45, 2.75) is 13.0 Å². The van der Waals surface area contributed by atoms with E-state index in [4.69, 9.17) is 0 Å². The van der Waals surface area contributed by atoms with Gasteiger partial charge in [-0.1, -0.05) is 53.2 Å². The summed E-state index contributed by atoms with van der Waals surface area (Å²) in [5, 5.41) is 9.96. The van der Waals surface area contributed by atoms with Crippen LogP contribution in [0, 0.1) is 6.92 Å². The number of nitrogens with zero attached hydrogens (tertiary/aromatic N) is 6. The van der Waals surface area contributed by atoms with Crippen LogP contribution in [0.5, 0.6) is 0 Å². The summed E-state index contributed by atoms with van der Waals surface area (Å²) in [5.41, 5.74) is 7.73. The van der Waals surface area contributed by atoms with Crippen LogP contribution in [0.25, 0.3) is 33.1 Å². The molecule has 0 bridgehead atoms. The molecule has 0 saturated heterocycles. The van der Waals surface area contributed by atoms with Crippen LogP contribution in [0.3, 0.4) is 0 Å². The number of benzene rings is 3. The highest BCUT2D eigenvalue weighted by Crippen LogP contribution is 2.34. The molecule has 6 aromatic rings. The molecule has 0 aliphatic carbocycles. The van der Waals surface area contributed by atoms with Gasteiger partial charge in [0, 0.05) is 25.5 Å². The highest BCUT2D eigenvalue weighted by Gasteiger charge is 2.24. The molecule has 172 valence electrons. The topological polar surface area (TPSA) is 70.5 Å². The van der Waals surface area contributed by atoms with Gasteiger partial charge in [-0.15, -0.1) is 5.10 Å². The normalized spacial score (nSPS) is 12.4. The van der Waals surface area contributed by atoms with Gasteiger partial charge in [0.15, 0.2) is 0 Å². The molecule has 7 nitrogen and oxygen atoms in total. The zero-order valence-electron chi connectivity index (χ0n) is 19.8. The van der Waals surface area contributed by atoms with Crippen molar-refractivity contribution in [3.05, 3.63) is 112 Å². The van der Waals surface area contributed by atoms with Crippen molar-refractivity contribution in [2.75, 3.05) is 0 Å². The van der Waals surface area contributed by atoms with E-state index in [9.17, 15) is 4.79 Å². The van der Waals surface area contributed by atoms with Crippen molar-refractivity contribution in [3.63, 3.8) is 0 Å². The third-order valence-electron chi connectivity index (χ3n) is 6.67. The summed E-state index contributed by atoms with van der Waals surface area (Å²) in [6.07, 6.45) is 3.66. The van der Waals surface area contributed by atoms with Crippen LogP contribution in [-0.2, 0) is 14.1 Å². The minimum Gasteiger partial charge on any atom is -0.336 e. The lowest BCUT2D eigenvalue weighted by atomic mass is 9.95. The Morgan fingerprint density at radius 2 is 1.74 bits per heavy atom. The van der Waals surface area contributed by atoms with Crippen molar-refractivity contribution in [2.24, 2.45) is 14.1 Å². The van der Waals surface area contributed by atoms with Crippen LogP contribution in [0.2, 0.25) is 0 Å². The van der Waals surface area contributed by atoms with Crippen LogP contribution < -0.4 is 5.56 Å². The minimum atomic E-state index is -0.248. The number of aromatic nitrogens is 6. The second kappa shape index (κ2) is 8.06. The summed E-state index contributed by atoms with van der Waals surface area (Å²) in [7, 11) is 3.80. The average Bonchev–Trinajstić information content (AvgIpc) is 3.48. The Morgan fingerprint density at radius 1 is 0.886 bits per heavy atom. The van der Waals surface area contributed by atoms with Gasteiger partial charge in [0.2, 0.25) is 0 Å². The van der Waals surface area contributed by atoms with E-state index in [0.29, 0.717) is 0 Å². The van der Waals surface area contributed by atoms with Crippen molar-refractivity contribution in [3.8, 4) is 11.1 Å². The molecule has 0 radical (unpaired) electrons. The van der Waals surface area contributed by atoms with E-state index >= 15 is 0 Å². The second-order valence-corrected chi connectivity index (χ2v) is 8.96. The summed E-state index contributed by atoms with van der Waals surface area (Å²) >= 11 is 0. The Hall–Kier alpha value is -4.52. The number of hydrogen-bond donors (Lipinski definition) is 0. The number of para-hydroxylation sites is 1. The van der Waals surface area contributed by atoms with Crippen molar-refractivity contribution in [1.82, 2.24) is 29.1 Å². The molecule has 35 heavy (non-hydrogen) atoms. The van der Waals surface area contributed by atoms with Crippen LogP contribution >= 0.6 is 0 Å². The van der Waals surface area contributed by atoms with Crippen LogP contribution in [-0.4, -0.2) is 29.1 Å². The van der Waals surface area contributed by atoms with Gasteiger partial charge in [0.05, 0.1) is 29.3 Å². The molecule has 6 rings (SSSR count). The van der Waals surface area contributed by atoms with Gasteiger partial charge in [0.1, 0.15) is 11.6 Å². The third kappa shape index (κ3) is 3.44. The van der Waals surface area contributed by atoms with E-state index in [1.54, 1.807) is 17.0 Å². The summed E-state index contributed by atoms with van der Waals surface area (Å²) in [5.74, 6) is 0. The molecule has 0 N–H and O–H groups in total. The molecule has 7 heteroatoms. The van der Waals surface area contributed by atoms with Crippen LogP contribution in [0.4, 0.5) is 0 Å². The van der Waals surface area contributed by atoms with Crippen LogP contribution in [0.15, 0.2) is 90.1 Å². The second-order valence-electron chi connectivity index (χ2n) is 8.96. The van der Waals surface area contributed by atoms with Crippen molar-refractivity contribution >= 4 is 21.9 Å². The average molecular weight is 461 g/mol. The fraction of sp³-hybridized carbons (Fsp3) is 0.143. The molecular weight excluding hydrogens is 436 g/mol. The maximum Gasteiger partial charge on any atom is 0.251 e. The SMILES string of the molecule is Cc1cccc(-c2cc(=O)n(C)c3ccc(C(c4cncn4C)n4nnc5ccccc54)cc23)c1. The Labute approximate surface area is 201 Å². The quantitative estimate of drug-likeness (QED) is 0.385. The summed E-state index contributed by atoms with van der Waals surface area (Å²) in [6, 6.07) is 23.9. The molecule has 3 aromatic heterocycles. The lowest BCUT2D eigenvalue weighted by Crippen LogP contribution is -2.19. The maximum atomic E-state index is 12.8. The molecule has 0 fully saturated rings. The van der Waals surface area contributed by atoms with Crippen molar-refractivity contribution < 1.29 is 0 Å². The van der Waals surface area contributed by atoms with Gasteiger partial charge >= 0.3 is 0 Å². The predicted octanol–water partition coefficient (Wildman–Crippen LogP) is 4.63. The molecule has 0 spiro atoms. The van der Waals surface area contributed by atoms with E-state index < -0.39 is 0 Å². The molecule has 1 atom stereocenters. The Bertz CT molecular complexity index is 1770. The number of aryl methyl sites for hydroxylation is 3. The van der Waals surface area contributed by atoms with E-state index in [0.717, 1.165) is 49.9 Å². The van der Waals surface area contributed by atoms with Crippen LogP contribution in [0.1, 0.15) is 22.9 Å². The highest BCUT2D eigenvalue weighted by atomic mass is 16.1. The van der Waals surface area contributed by atoms with E-state index in [1.807, 2.05) is 65.9 Å². The first-order valence-corrected chi connectivity index (χ1v) is 11.5. The molecule has 0 amide bonds. The summed E-state index contributed by atoms with van der Waals surface area (Å²) in [4.78, 5) is 17.2.